The zero-order valence-electron chi connectivity index (χ0n) is 11.8. The van der Waals surface area contributed by atoms with Crippen molar-refractivity contribution in [3.8, 4) is 0 Å². The van der Waals surface area contributed by atoms with E-state index in [4.69, 9.17) is 10.5 Å². The van der Waals surface area contributed by atoms with E-state index in [2.05, 4.69) is 13.8 Å². The van der Waals surface area contributed by atoms with Crippen molar-refractivity contribution >= 4 is 0 Å². The van der Waals surface area contributed by atoms with Gasteiger partial charge in [0.2, 0.25) is 0 Å². The normalized spacial score (nSPS) is 29.5. The molecule has 2 N–H and O–H groups in total. The highest BCUT2D eigenvalue weighted by atomic mass is 16.5. The summed E-state index contributed by atoms with van der Waals surface area (Å²) < 4.78 is 6.15. The zero-order valence-corrected chi connectivity index (χ0v) is 11.8. The molecular formula is C15H31NO. The molecule has 2 nitrogen and oxygen atoms in total. The minimum absolute atomic E-state index is 0.0163. The van der Waals surface area contributed by atoms with Gasteiger partial charge >= 0.3 is 0 Å². The van der Waals surface area contributed by atoms with E-state index in [0.717, 1.165) is 12.5 Å². The topological polar surface area (TPSA) is 35.2 Å². The van der Waals surface area contributed by atoms with E-state index in [1.807, 2.05) is 0 Å². The Morgan fingerprint density at radius 1 is 1.24 bits per heavy atom. The molecule has 1 saturated carbocycles. The van der Waals surface area contributed by atoms with Gasteiger partial charge in [-0.1, -0.05) is 52.4 Å². The molecule has 17 heavy (non-hydrogen) atoms. The van der Waals surface area contributed by atoms with Crippen LogP contribution in [0.4, 0.5) is 0 Å². The number of ether oxygens (including phenoxy) is 1. The fraction of sp³-hybridized carbons (Fsp3) is 1.00. The summed E-state index contributed by atoms with van der Waals surface area (Å²) in [5.41, 5.74) is 5.95. The van der Waals surface area contributed by atoms with E-state index in [1.54, 1.807) is 0 Å². The molecule has 102 valence electrons. The van der Waals surface area contributed by atoms with Crippen LogP contribution in [0, 0.1) is 5.92 Å². The lowest BCUT2D eigenvalue weighted by atomic mass is 9.79. The van der Waals surface area contributed by atoms with Crippen LogP contribution in [0.15, 0.2) is 0 Å². The Morgan fingerprint density at radius 3 is 2.65 bits per heavy atom. The molecule has 2 heteroatoms. The first-order valence-electron chi connectivity index (χ1n) is 7.56. The van der Waals surface area contributed by atoms with Gasteiger partial charge in [0.15, 0.2) is 0 Å². The number of unbranched alkanes of at least 4 members (excludes halogenated alkanes) is 4. The highest BCUT2D eigenvalue weighted by Crippen LogP contribution is 2.34. The van der Waals surface area contributed by atoms with Crippen molar-refractivity contribution in [3.63, 3.8) is 0 Å². The number of nitrogens with two attached hydrogens (primary N) is 1. The molecule has 0 radical (unpaired) electrons. The van der Waals surface area contributed by atoms with Crippen molar-refractivity contribution < 1.29 is 4.74 Å². The maximum absolute atomic E-state index is 6.15. The summed E-state index contributed by atoms with van der Waals surface area (Å²) in [7, 11) is 0. The van der Waals surface area contributed by atoms with Crippen molar-refractivity contribution in [1.29, 1.82) is 0 Å². The quantitative estimate of drug-likeness (QED) is 0.654. The smallest absolute Gasteiger partial charge is 0.0806 e. The molecule has 0 heterocycles. The summed E-state index contributed by atoms with van der Waals surface area (Å²) in [6, 6.07) is 0. The summed E-state index contributed by atoms with van der Waals surface area (Å²) in [5, 5.41) is 0. The van der Waals surface area contributed by atoms with Crippen LogP contribution in [0.5, 0.6) is 0 Å². The number of hydrogen-bond donors (Lipinski definition) is 1. The molecule has 1 aliphatic carbocycles. The van der Waals surface area contributed by atoms with Crippen molar-refractivity contribution in [2.75, 3.05) is 13.2 Å². The lowest BCUT2D eigenvalue weighted by molar-refractivity contribution is -0.0753. The van der Waals surface area contributed by atoms with Crippen molar-refractivity contribution in [3.05, 3.63) is 0 Å². The van der Waals surface area contributed by atoms with Crippen LogP contribution < -0.4 is 5.73 Å². The van der Waals surface area contributed by atoms with E-state index in [-0.39, 0.29) is 5.60 Å². The maximum Gasteiger partial charge on any atom is 0.0806 e. The molecule has 1 aliphatic rings. The summed E-state index contributed by atoms with van der Waals surface area (Å²) in [5.74, 6) is 0.785. The minimum atomic E-state index is 0.0163. The lowest BCUT2D eigenvalue weighted by Crippen LogP contribution is -2.44. The Labute approximate surface area is 107 Å². The van der Waals surface area contributed by atoms with Crippen LogP contribution in [-0.2, 0) is 4.74 Å². The third kappa shape index (κ3) is 5.39. The summed E-state index contributed by atoms with van der Waals surface area (Å²) in [4.78, 5) is 0. The number of hydrogen-bond acceptors (Lipinski definition) is 2. The molecule has 1 rings (SSSR count). The molecule has 0 aliphatic heterocycles. The van der Waals surface area contributed by atoms with Gasteiger partial charge < -0.3 is 10.5 Å². The van der Waals surface area contributed by atoms with Crippen LogP contribution in [0.25, 0.3) is 0 Å². The standard InChI is InChI=1S/C15H31NO/c1-3-4-5-6-7-11-17-15(13-16)10-8-9-14(2)12-15/h14H,3-13,16H2,1-2H3. The Bertz CT molecular complexity index is 195. The third-order valence-corrected chi connectivity index (χ3v) is 4.08. The fourth-order valence-corrected chi connectivity index (χ4v) is 2.98. The van der Waals surface area contributed by atoms with Gasteiger partial charge in [-0.05, 0) is 25.2 Å². The van der Waals surface area contributed by atoms with Gasteiger partial charge in [-0.25, -0.2) is 0 Å². The summed E-state index contributed by atoms with van der Waals surface area (Å²) in [6.45, 7) is 6.19. The predicted molar refractivity (Wildman–Crippen MR) is 74.1 cm³/mol. The minimum Gasteiger partial charge on any atom is -0.374 e. The van der Waals surface area contributed by atoms with E-state index in [1.165, 1.54) is 57.8 Å². The SMILES string of the molecule is CCCCCCCOC1(CN)CCCC(C)C1. The Hall–Kier alpha value is -0.0800. The van der Waals surface area contributed by atoms with Crippen molar-refractivity contribution in [2.24, 2.45) is 11.7 Å². The molecule has 0 bridgehead atoms. The average molecular weight is 241 g/mol. The van der Waals surface area contributed by atoms with Gasteiger partial charge in [-0.3, -0.25) is 0 Å². The molecule has 0 aromatic heterocycles. The van der Waals surface area contributed by atoms with E-state index < -0.39 is 0 Å². The molecule has 0 spiro atoms. The second kappa shape index (κ2) is 8.10. The first-order chi connectivity index (χ1) is 8.22. The molecule has 0 amide bonds. The van der Waals surface area contributed by atoms with Gasteiger partial charge in [-0.15, -0.1) is 0 Å². The van der Waals surface area contributed by atoms with Crippen LogP contribution in [-0.4, -0.2) is 18.8 Å². The molecule has 2 unspecified atom stereocenters. The first-order valence-corrected chi connectivity index (χ1v) is 7.56. The summed E-state index contributed by atoms with van der Waals surface area (Å²) >= 11 is 0. The second-order valence-corrected chi connectivity index (χ2v) is 5.85. The highest BCUT2D eigenvalue weighted by Gasteiger charge is 2.34. The fourth-order valence-electron chi connectivity index (χ4n) is 2.98. The van der Waals surface area contributed by atoms with E-state index in [0.29, 0.717) is 6.54 Å². The third-order valence-electron chi connectivity index (χ3n) is 4.08. The Kier molecular flexibility index (Phi) is 7.14. The van der Waals surface area contributed by atoms with E-state index in [9.17, 15) is 0 Å². The van der Waals surface area contributed by atoms with Crippen LogP contribution in [0.3, 0.4) is 0 Å². The van der Waals surface area contributed by atoms with Gasteiger partial charge in [0.1, 0.15) is 0 Å². The molecule has 0 aromatic rings. The molecule has 1 fully saturated rings. The van der Waals surface area contributed by atoms with Gasteiger partial charge in [-0.2, -0.15) is 0 Å². The van der Waals surface area contributed by atoms with Crippen LogP contribution >= 0.6 is 0 Å². The molecule has 0 aromatic carbocycles. The molecule has 2 atom stereocenters. The van der Waals surface area contributed by atoms with Crippen LogP contribution in [0.1, 0.15) is 71.6 Å². The Morgan fingerprint density at radius 2 is 2.00 bits per heavy atom. The van der Waals surface area contributed by atoms with Crippen LogP contribution in [0.2, 0.25) is 0 Å². The zero-order chi connectivity index (χ0) is 12.6. The molecular weight excluding hydrogens is 210 g/mol. The highest BCUT2D eigenvalue weighted by molar-refractivity contribution is 4.87. The van der Waals surface area contributed by atoms with Crippen molar-refractivity contribution in [1.82, 2.24) is 0 Å². The van der Waals surface area contributed by atoms with Crippen molar-refractivity contribution in [2.45, 2.75) is 77.2 Å². The van der Waals surface area contributed by atoms with Gasteiger partial charge in [0, 0.05) is 13.2 Å². The average Bonchev–Trinajstić information content (AvgIpc) is 2.34. The number of rotatable bonds is 8. The Balaban J connectivity index is 2.17. The first kappa shape index (κ1) is 15.0. The summed E-state index contributed by atoms with van der Waals surface area (Å²) in [6.07, 6.45) is 11.5. The van der Waals surface area contributed by atoms with Gasteiger partial charge in [0.05, 0.1) is 5.60 Å². The largest absolute Gasteiger partial charge is 0.374 e. The van der Waals surface area contributed by atoms with E-state index >= 15 is 0 Å². The predicted octanol–water partition coefficient (Wildman–Crippen LogP) is 3.88. The monoisotopic (exact) mass is 241 g/mol. The lowest BCUT2D eigenvalue weighted by Gasteiger charge is -2.39. The molecule has 0 saturated heterocycles. The maximum atomic E-state index is 6.15. The van der Waals surface area contributed by atoms with Gasteiger partial charge in [0.25, 0.3) is 0 Å². The second-order valence-electron chi connectivity index (χ2n) is 5.85.